The first-order valence-corrected chi connectivity index (χ1v) is 10.9. The zero-order valence-electron chi connectivity index (χ0n) is 19.1. The van der Waals surface area contributed by atoms with E-state index in [9.17, 15) is 20.1 Å². The van der Waals surface area contributed by atoms with E-state index in [1.807, 2.05) is 17.0 Å². The molecule has 10 nitrogen and oxygen atoms in total. The van der Waals surface area contributed by atoms with Crippen molar-refractivity contribution in [2.45, 2.75) is 38.9 Å². The van der Waals surface area contributed by atoms with Gasteiger partial charge in [0, 0.05) is 26.2 Å². The predicted octanol–water partition coefficient (Wildman–Crippen LogP) is 0.639. The molecule has 0 radical (unpaired) electrons. The Bertz CT molecular complexity index is 1500. The molecule has 1 aliphatic rings. The second-order valence-corrected chi connectivity index (χ2v) is 8.32. The van der Waals surface area contributed by atoms with Gasteiger partial charge in [-0.15, -0.1) is 5.92 Å². The van der Waals surface area contributed by atoms with E-state index >= 15 is 0 Å². The maximum atomic E-state index is 13.6. The number of nitrogens with two attached hydrogens (primary N) is 1. The van der Waals surface area contributed by atoms with Gasteiger partial charge in [-0.05, 0) is 43.5 Å². The van der Waals surface area contributed by atoms with E-state index in [4.69, 9.17) is 5.73 Å². The number of nitrogens with zero attached hydrogens (tertiary/aromatic N) is 7. The molecule has 1 aromatic carbocycles. The summed E-state index contributed by atoms with van der Waals surface area (Å²) in [5.74, 6) is 6.42. The van der Waals surface area contributed by atoms with E-state index in [-0.39, 0.29) is 41.4 Å². The molecule has 1 atom stereocenters. The van der Waals surface area contributed by atoms with Crippen molar-refractivity contribution in [3.63, 3.8) is 0 Å². The molecule has 34 heavy (non-hydrogen) atoms. The third kappa shape index (κ3) is 4.05. The number of anilines is 1. The minimum Gasteiger partial charge on any atom is -0.341 e. The van der Waals surface area contributed by atoms with Crippen LogP contribution in [0.15, 0.2) is 27.8 Å². The molecule has 172 valence electrons. The van der Waals surface area contributed by atoms with Gasteiger partial charge < -0.3 is 10.6 Å². The van der Waals surface area contributed by atoms with Gasteiger partial charge in [0.05, 0.1) is 36.4 Å². The monoisotopic (exact) mass is 456 g/mol. The number of benzene rings is 1. The van der Waals surface area contributed by atoms with Crippen LogP contribution < -0.4 is 21.9 Å². The normalized spacial score (nSPS) is 15.4. The first-order chi connectivity index (χ1) is 16.4. The van der Waals surface area contributed by atoms with Crippen LogP contribution in [-0.2, 0) is 20.1 Å². The molecule has 2 aromatic heterocycles. The molecule has 0 aliphatic carbocycles. The molecule has 10 heteroatoms. The SMILES string of the molecule is CC#CCn1c(N2CCC[C@@H](N)C2)nc2c1c(=O)n(Cc1cc(C#N)cc(C#N)c1)c(=O)n2C. The standard InChI is InChI=1S/C24H24N8O2/c1-3-4-8-31-20-21(28-23(31)30-7-5-6-19(27)15-30)29(2)24(34)32(22(20)33)14-18-10-16(12-25)9-17(11-18)13-26/h9-11,19H,5-8,14-15,27H2,1-2H3/t19-/m1/s1. The second kappa shape index (κ2) is 9.27. The van der Waals surface area contributed by atoms with Crippen LogP contribution in [0.4, 0.5) is 5.95 Å². The van der Waals surface area contributed by atoms with Gasteiger partial charge in [0.15, 0.2) is 11.2 Å². The highest BCUT2D eigenvalue weighted by Gasteiger charge is 2.26. The number of aromatic nitrogens is 4. The molecule has 4 rings (SSSR count). The fourth-order valence-electron chi connectivity index (χ4n) is 4.34. The summed E-state index contributed by atoms with van der Waals surface area (Å²) in [6, 6.07) is 8.61. The van der Waals surface area contributed by atoms with Crippen LogP contribution in [0.1, 0.15) is 36.5 Å². The number of aryl methyl sites for hydroxylation is 1. The van der Waals surface area contributed by atoms with Crippen LogP contribution in [0, 0.1) is 34.5 Å². The largest absolute Gasteiger partial charge is 0.341 e. The minimum atomic E-state index is -0.536. The number of fused-ring (bicyclic) bond motifs is 1. The number of imidazole rings is 1. The van der Waals surface area contributed by atoms with Crippen LogP contribution in [0.5, 0.6) is 0 Å². The summed E-state index contributed by atoms with van der Waals surface area (Å²) in [7, 11) is 1.57. The van der Waals surface area contributed by atoms with Gasteiger partial charge in [-0.3, -0.25) is 18.5 Å². The second-order valence-electron chi connectivity index (χ2n) is 8.32. The number of hydrogen-bond acceptors (Lipinski definition) is 7. The van der Waals surface area contributed by atoms with Crippen LogP contribution >= 0.6 is 0 Å². The summed E-state index contributed by atoms with van der Waals surface area (Å²) in [5, 5.41) is 18.5. The van der Waals surface area contributed by atoms with Crippen molar-refractivity contribution in [1.82, 2.24) is 18.7 Å². The third-order valence-corrected chi connectivity index (χ3v) is 5.96. The van der Waals surface area contributed by atoms with E-state index < -0.39 is 11.2 Å². The number of nitriles is 2. The van der Waals surface area contributed by atoms with Crippen LogP contribution in [0.2, 0.25) is 0 Å². The molecule has 3 aromatic rings. The van der Waals surface area contributed by atoms with Crippen molar-refractivity contribution in [3.8, 4) is 24.0 Å². The Kier molecular flexibility index (Phi) is 6.23. The molecule has 3 heterocycles. The summed E-state index contributed by atoms with van der Waals surface area (Å²) in [4.78, 5) is 33.5. The number of piperidine rings is 1. The fourth-order valence-corrected chi connectivity index (χ4v) is 4.34. The Balaban J connectivity index is 1.93. The zero-order valence-corrected chi connectivity index (χ0v) is 19.1. The van der Waals surface area contributed by atoms with E-state index in [0.717, 1.165) is 24.0 Å². The van der Waals surface area contributed by atoms with Crippen LogP contribution in [0.3, 0.4) is 0 Å². The summed E-state index contributed by atoms with van der Waals surface area (Å²) in [6.07, 6.45) is 1.83. The van der Waals surface area contributed by atoms with Gasteiger partial charge in [0.1, 0.15) is 0 Å². The van der Waals surface area contributed by atoms with Gasteiger partial charge in [-0.25, -0.2) is 4.79 Å². The average Bonchev–Trinajstić information content (AvgIpc) is 3.23. The summed E-state index contributed by atoms with van der Waals surface area (Å²) in [5.41, 5.74) is 6.77. The van der Waals surface area contributed by atoms with Gasteiger partial charge in [-0.1, -0.05) is 5.92 Å². The maximum Gasteiger partial charge on any atom is 0.332 e. The van der Waals surface area contributed by atoms with Crippen molar-refractivity contribution in [3.05, 3.63) is 55.7 Å². The molecule has 1 aliphatic heterocycles. The Hall–Kier alpha value is -4.33. The van der Waals surface area contributed by atoms with Crippen molar-refractivity contribution < 1.29 is 0 Å². The van der Waals surface area contributed by atoms with Crippen molar-refractivity contribution >= 4 is 17.1 Å². The lowest BCUT2D eigenvalue weighted by Gasteiger charge is -2.31. The van der Waals surface area contributed by atoms with E-state index in [2.05, 4.69) is 16.8 Å². The smallest absolute Gasteiger partial charge is 0.332 e. The number of rotatable bonds is 4. The van der Waals surface area contributed by atoms with Crippen molar-refractivity contribution in [2.75, 3.05) is 18.0 Å². The molecule has 0 amide bonds. The quantitative estimate of drug-likeness (QED) is 0.568. The molecule has 1 saturated heterocycles. The van der Waals surface area contributed by atoms with Gasteiger partial charge in [0.25, 0.3) is 5.56 Å². The molecular formula is C24H24N8O2. The van der Waals surface area contributed by atoms with Gasteiger partial charge in [0.2, 0.25) is 5.95 Å². The lowest BCUT2D eigenvalue weighted by atomic mass is 10.1. The van der Waals surface area contributed by atoms with E-state index in [1.165, 1.54) is 10.6 Å². The van der Waals surface area contributed by atoms with E-state index in [0.29, 0.717) is 18.1 Å². The minimum absolute atomic E-state index is 0.00138. The van der Waals surface area contributed by atoms with E-state index in [1.54, 1.807) is 30.7 Å². The third-order valence-electron chi connectivity index (χ3n) is 5.96. The maximum absolute atomic E-state index is 13.6. The first kappa shape index (κ1) is 22.8. The highest BCUT2D eigenvalue weighted by Crippen LogP contribution is 2.23. The Morgan fingerprint density at radius 3 is 2.47 bits per heavy atom. The molecule has 2 N–H and O–H groups in total. The Morgan fingerprint density at radius 1 is 1.15 bits per heavy atom. The van der Waals surface area contributed by atoms with Gasteiger partial charge >= 0.3 is 5.69 Å². The highest BCUT2D eigenvalue weighted by atomic mass is 16.2. The fraction of sp³-hybridized carbons (Fsp3) is 0.375. The topological polar surface area (TPSA) is 139 Å². The highest BCUT2D eigenvalue weighted by molar-refractivity contribution is 5.75. The lowest BCUT2D eigenvalue weighted by Crippen LogP contribution is -2.44. The molecule has 0 unspecified atom stereocenters. The molecule has 0 spiro atoms. The molecular weight excluding hydrogens is 432 g/mol. The summed E-state index contributed by atoms with van der Waals surface area (Å²) in [6.45, 7) is 3.22. The van der Waals surface area contributed by atoms with Crippen molar-refractivity contribution in [1.29, 1.82) is 10.5 Å². The Morgan fingerprint density at radius 2 is 1.85 bits per heavy atom. The van der Waals surface area contributed by atoms with Crippen molar-refractivity contribution in [2.24, 2.45) is 12.8 Å². The zero-order chi connectivity index (χ0) is 24.4. The lowest BCUT2D eigenvalue weighted by molar-refractivity contribution is 0.496. The molecule has 0 saturated carbocycles. The van der Waals surface area contributed by atoms with Crippen LogP contribution in [0.25, 0.3) is 11.2 Å². The Labute approximate surface area is 196 Å². The van der Waals surface area contributed by atoms with Crippen LogP contribution in [-0.4, -0.2) is 37.8 Å². The summed E-state index contributed by atoms with van der Waals surface area (Å²) < 4.78 is 4.19. The average molecular weight is 457 g/mol. The van der Waals surface area contributed by atoms with Gasteiger partial charge in [-0.2, -0.15) is 15.5 Å². The summed E-state index contributed by atoms with van der Waals surface area (Å²) >= 11 is 0. The number of hydrogen-bond donors (Lipinski definition) is 1. The predicted molar refractivity (Wildman–Crippen MR) is 127 cm³/mol. The molecule has 1 fully saturated rings. The first-order valence-electron chi connectivity index (χ1n) is 10.9. The molecule has 0 bridgehead atoms.